The van der Waals surface area contributed by atoms with E-state index in [-0.39, 0.29) is 52.6 Å². The van der Waals surface area contributed by atoms with Gasteiger partial charge in [0, 0.05) is 234 Å². The molecule has 0 spiro atoms. The fraction of sp³-hybridized carbons (Fsp3) is 0.526. The third kappa shape index (κ3) is 27.1. The van der Waals surface area contributed by atoms with Gasteiger partial charge in [0.25, 0.3) is 0 Å². The number of rotatable bonds is 42. The monoisotopic (exact) mass is 1370 g/mol. The Morgan fingerprint density at radius 2 is 0.378 bits per heavy atom. The van der Waals surface area contributed by atoms with Gasteiger partial charge < -0.3 is 86.9 Å². The molecule has 0 aliphatic rings. The van der Waals surface area contributed by atoms with Gasteiger partial charge in [0.1, 0.15) is 11.4 Å². The zero-order valence-corrected chi connectivity index (χ0v) is 62.4. The lowest BCUT2D eigenvalue weighted by molar-refractivity contribution is 0.188. The first-order valence-corrected chi connectivity index (χ1v) is 34.1. The summed E-state index contributed by atoms with van der Waals surface area (Å²) in [6, 6.07) is 43.9. The minimum Gasteiger partial charge on any atom is -0.383 e. The molecule has 0 radical (unpaired) electrons. The van der Waals surface area contributed by atoms with Crippen LogP contribution in [0.15, 0.2) is 121 Å². The molecule has 0 bridgehead atoms. The fourth-order valence-electron chi connectivity index (χ4n) is 10.8. The SMILES string of the molecule is CCN(CC)c1ccc(N(c2ccc(N(CC)CC)cc2)c2ccc(N(CC)CC)cc2)cc1.CN(C)c1ccc(N(C)C)cc1.COCCN(CCOC)c1c(F)c(F)c(N(CCOC)CCOC)c(F)c1F.COCCN(CCOC)c1ccc(N(CCOC)CCOC)cc1. The maximum absolute atomic E-state index is 14.8. The molecule has 18 nitrogen and oxygen atoms in total. The van der Waals surface area contributed by atoms with Crippen LogP contribution < -0.4 is 49.0 Å². The van der Waals surface area contributed by atoms with Crippen LogP contribution in [0, 0.1) is 23.3 Å². The molecule has 6 rings (SSSR count). The molecule has 0 aromatic heterocycles. The smallest absolute Gasteiger partial charge is 0.187 e. The van der Waals surface area contributed by atoms with Crippen molar-refractivity contribution in [2.24, 2.45) is 0 Å². The molecule has 98 heavy (non-hydrogen) atoms. The molecule has 0 unspecified atom stereocenters. The molecular formula is C76H118F4N10O8. The number of benzene rings is 6. The van der Waals surface area contributed by atoms with Crippen molar-refractivity contribution < 1.29 is 55.5 Å². The van der Waals surface area contributed by atoms with Crippen molar-refractivity contribution in [3.05, 3.63) is 145 Å². The zero-order valence-electron chi connectivity index (χ0n) is 62.4. The van der Waals surface area contributed by atoms with Crippen LogP contribution in [-0.2, 0) is 37.9 Å². The van der Waals surface area contributed by atoms with Gasteiger partial charge >= 0.3 is 0 Å². The molecule has 0 fully saturated rings. The predicted octanol–water partition coefficient (Wildman–Crippen LogP) is 13.8. The maximum atomic E-state index is 14.8. The molecule has 0 saturated carbocycles. The van der Waals surface area contributed by atoms with Crippen molar-refractivity contribution >= 4 is 68.2 Å². The van der Waals surface area contributed by atoms with Crippen molar-refractivity contribution in [1.29, 1.82) is 0 Å². The molecule has 6 aromatic carbocycles. The van der Waals surface area contributed by atoms with Gasteiger partial charge in [-0.25, -0.2) is 17.6 Å². The van der Waals surface area contributed by atoms with Crippen LogP contribution in [0.2, 0.25) is 0 Å². The number of halogens is 4. The van der Waals surface area contributed by atoms with E-state index < -0.39 is 34.6 Å². The van der Waals surface area contributed by atoms with Crippen LogP contribution in [0.4, 0.5) is 85.8 Å². The van der Waals surface area contributed by atoms with Crippen LogP contribution >= 0.6 is 0 Å². The third-order valence-corrected chi connectivity index (χ3v) is 16.5. The molecular weight excluding hydrogens is 1260 g/mol. The molecule has 0 aliphatic heterocycles. The van der Waals surface area contributed by atoms with E-state index in [1.807, 2.05) is 28.2 Å². The highest BCUT2D eigenvalue weighted by atomic mass is 19.2. The molecule has 548 valence electrons. The largest absolute Gasteiger partial charge is 0.383 e. The van der Waals surface area contributed by atoms with Gasteiger partial charge in [0.15, 0.2) is 23.3 Å². The van der Waals surface area contributed by atoms with Gasteiger partial charge in [0.2, 0.25) is 0 Å². The number of hydrogen-bond donors (Lipinski definition) is 0. The lowest BCUT2D eigenvalue weighted by Crippen LogP contribution is -2.35. The summed E-state index contributed by atoms with van der Waals surface area (Å²) in [4.78, 5) is 20.5. The van der Waals surface area contributed by atoms with Gasteiger partial charge in [-0.2, -0.15) is 0 Å². The van der Waals surface area contributed by atoms with Crippen LogP contribution in [0.1, 0.15) is 41.5 Å². The van der Waals surface area contributed by atoms with E-state index in [1.165, 1.54) is 85.3 Å². The molecule has 6 aromatic rings. The highest BCUT2D eigenvalue weighted by Gasteiger charge is 2.31. The summed E-state index contributed by atoms with van der Waals surface area (Å²) in [6.07, 6.45) is 0. The van der Waals surface area contributed by atoms with Gasteiger partial charge in [-0.15, -0.1) is 0 Å². The topological polar surface area (TPSA) is 106 Å². The van der Waals surface area contributed by atoms with Crippen molar-refractivity contribution in [2.45, 2.75) is 41.5 Å². The van der Waals surface area contributed by atoms with E-state index in [2.05, 4.69) is 202 Å². The molecule has 0 N–H and O–H groups in total. The van der Waals surface area contributed by atoms with Crippen LogP contribution in [0.5, 0.6) is 0 Å². The highest BCUT2D eigenvalue weighted by molar-refractivity contribution is 5.79. The molecule has 22 heteroatoms. The first kappa shape index (κ1) is 84.9. The summed E-state index contributed by atoms with van der Waals surface area (Å²) in [5.74, 6) is -5.89. The number of hydrogen-bond acceptors (Lipinski definition) is 18. The summed E-state index contributed by atoms with van der Waals surface area (Å²) >= 11 is 0. The Labute approximate surface area is 586 Å². The molecule has 0 heterocycles. The van der Waals surface area contributed by atoms with Crippen LogP contribution in [0.3, 0.4) is 0 Å². The molecule has 0 atom stereocenters. The first-order valence-electron chi connectivity index (χ1n) is 34.1. The first-order chi connectivity index (χ1) is 47.4. The normalized spacial score (nSPS) is 10.8. The van der Waals surface area contributed by atoms with Gasteiger partial charge in [-0.1, -0.05) is 0 Å². The zero-order chi connectivity index (χ0) is 72.4. The van der Waals surface area contributed by atoms with Crippen LogP contribution in [0.25, 0.3) is 0 Å². The second-order valence-electron chi connectivity index (χ2n) is 23.1. The lowest BCUT2D eigenvalue weighted by atomic mass is 10.1. The minimum absolute atomic E-state index is 0.0307. The lowest BCUT2D eigenvalue weighted by Gasteiger charge is -2.29. The molecule has 0 aliphatic carbocycles. The Kier molecular flexibility index (Phi) is 42.0. The minimum atomic E-state index is -1.47. The highest BCUT2D eigenvalue weighted by Crippen LogP contribution is 2.39. The number of methoxy groups -OCH3 is 8. The standard InChI is InChI=1S/C30H42N4.C18H28F4N2O4.C18H32N2O4.C10H16N2/c1-7-31(8-2)25-13-19-28(20-14-25)34(29-21-15-26(16-22-29)32(9-3)10-4)30-23-17-27(18-24-30)33(11-5)12-6;1-25-9-5-23(6-10-26-2)17-13(19)15(21)18(16(22)14(17)20)24(7-11-27-3)8-12-28-4;1-21-13-9-19(10-14-22-2)17-5-7-18(8-6-17)20(11-15-23-3)12-16-24-4;1-11(2)9-5-7-10(8-6-9)12(3)4/h13-24H,7-12H2,1-6H3;5-12H2,1-4H3;5-8H,9-16H2,1-4H3;5-8H,1-4H3. The summed E-state index contributed by atoms with van der Waals surface area (Å²) in [6.45, 7) is 26.0. The summed E-state index contributed by atoms with van der Waals surface area (Å²) in [5.41, 5.74) is 10.6. The fourth-order valence-corrected chi connectivity index (χ4v) is 10.8. The van der Waals surface area contributed by atoms with Gasteiger partial charge in [0.05, 0.1) is 52.9 Å². The van der Waals surface area contributed by atoms with Crippen LogP contribution in [-0.4, -0.2) is 230 Å². The van der Waals surface area contributed by atoms with E-state index >= 15 is 0 Å². The van der Waals surface area contributed by atoms with Gasteiger partial charge in [-0.05, 0) is 163 Å². The van der Waals surface area contributed by atoms with E-state index in [1.54, 1.807) is 28.4 Å². The van der Waals surface area contributed by atoms with Crippen molar-refractivity contribution in [3.63, 3.8) is 0 Å². The average molecular weight is 1380 g/mol. The van der Waals surface area contributed by atoms with Crippen molar-refractivity contribution in [2.75, 3.05) is 279 Å². The second-order valence-corrected chi connectivity index (χ2v) is 23.1. The Morgan fingerprint density at radius 3 is 0.541 bits per heavy atom. The third-order valence-electron chi connectivity index (χ3n) is 16.5. The van der Waals surface area contributed by atoms with Gasteiger partial charge in [-0.3, -0.25) is 0 Å². The van der Waals surface area contributed by atoms with E-state index in [9.17, 15) is 17.6 Å². The van der Waals surface area contributed by atoms with E-state index in [0.717, 1.165) is 75.2 Å². The summed E-state index contributed by atoms with van der Waals surface area (Å²) < 4.78 is 99.8. The summed E-state index contributed by atoms with van der Waals surface area (Å²) in [7, 11) is 20.7. The summed E-state index contributed by atoms with van der Waals surface area (Å²) in [5, 5.41) is 0. The maximum Gasteiger partial charge on any atom is 0.187 e. The Bertz CT molecular complexity index is 2700. The molecule has 0 amide bonds. The Balaban J connectivity index is 0.000000357. The quantitative estimate of drug-likeness (QED) is 0.0268. The van der Waals surface area contributed by atoms with E-state index in [4.69, 9.17) is 37.9 Å². The number of ether oxygens (including phenoxy) is 8. The van der Waals surface area contributed by atoms with Crippen molar-refractivity contribution in [1.82, 2.24) is 0 Å². The van der Waals surface area contributed by atoms with Crippen molar-refractivity contribution in [3.8, 4) is 0 Å². The number of anilines is 12. The van der Waals surface area contributed by atoms with E-state index in [0.29, 0.717) is 26.4 Å². The average Bonchev–Trinajstić information content (AvgIpc) is 0.776. The predicted molar refractivity (Wildman–Crippen MR) is 403 cm³/mol. The Morgan fingerprint density at radius 1 is 0.224 bits per heavy atom. The second kappa shape index (κ2) is 48.5. The number of nitrogens with zero attached hydrogens (tertiary/aromatic N) is 10. The Hall–Kier alpha value is -7.28. The molecule has 0 saturated heterocycles.